The number of anilines is 1. The number of nitro benzene ring substituents is 1. The molecule has 3 rings (SSSR count). The van der Waals surface area contributed by atoms with Gasteiger partial charge in [-0.25, -0.2) is 4.98 Å². The average molecular weight is 329 g/mol. The molecule has 0 radical (unpaired) electrons. The van der Waals surface area contributed by atoms with E-state index in [0.717, 1.165) is 26.7 Å². The molecular formula is C16H15N3O3S. The molecule has 7 heteroatoms. The van der Waals surface area contributed by atoms with Crippen molar-refractivity contribution in [3.05, 3.63) is 58.1 Å². The van der Waals surface area contributed by atoms with E-state index < -0.39 is 4.92 Å². The van der Waals surface area contributed by atoms with E-state index in [2.05, 4.69) is 10.3 Å². The Morgan fingerprint density at radius 3 is 2.96 bits per heavy atom. The van der Waals surface area contributed by atoms with Gasteiger partial charge in [-0.05, 0) is 30.7 Å². The van der Waals surface area contributed by atoms with Crippen LogP contribution >= 0.6 is 11.3 Å². The number of fused-ring (bicyclic) bond motifs is 1. The number of thiazole rings is 1. The molecule has 0 saturated carbocycles. The molecule has 23 heavy (non-hydrogen) atoms. The van der Waals surface area contributed by atoms with E-state index in [-0.39, 0.29) is 5.69 Å². The third kappa shape index (κ3) is 3.57. The molecule has 0 saturated heterocycles. The van der Waals surface area contributed by atoms with Crippen molar-refractivity contribution in [3.8, 4) is 5.75 Å². The summed E-state index contributed by atoms with van der Waals surface area (Å²) in [4.78, 5) is 14.9. The van der Waals surface area contributed by atoms with Crippen LogP contribution in [-0.4, -0.2) is 16.5 Å². The maximum absolute atomic E-state index is 10.8. The third-order valence-corrected chi connectivity index (χ3v) is 4.21. The van der Waals surface area contributed by atoms with Crippen LogP contribution in [0.25, 0.3) is 10.2 Å². The van der Waals surface area contributed by atoms with E-state index in [1.807, 2.05) is 31.2 Å². The van der Waals surface area contributed by atoms with Gasteiger partial charge in [-0.15, -0.1) is 0 Å². The van der Waals surface area contributed by atoms with Gasteiger partial charge in [-0.3, -0.25) is 10.1 Å². The van der Waals surface area contributed by atoms with E-state index >= 15 is 0 Å². The van der Waals surface area contributed by atoms with Crippen LogP contribution in [0.4, 0.5) is 10.8 Å². The van der Waals surface area contributed by atoms with Crippen LogP contribution in [0, 0.1) is 10.1 Å². The molecule has 0 aliphatic heterocycles. The fourth-order valence-electron chi connectivity index (χ4n) is 2.19. The molecular weight excluding hydrogens is 314 g/mol. The molecule has 2 aromatic carbocycles. The molecule has 6 nitrogen and oxygen atoms in total. The summed E-state index contributed by atoms with van der Waals surface area (Å²) in [6, 6.07) is 12.5. The number of non-ortho nitro benzene ring substituents is 1. The second-order valence-corrected chi connectivity index (χ2v) is 5.89. The molecule has 0 aliphatic rings. The molecule has 0 fully saturated rings. The van der Waals surface area contributed by atoms with Crippen molar-refractivity contribution in [1.82, 2.24) is 4.98 Å². The number of nitrogens with one attached hydrogen (secondary N) is 1. The van der Waals surface area contributed by atoms with Crippen molar-refractivity contribution in [3.63, 3.8) is 0 Å². The van der Waals surface area contributed by atoms with Crippen LogP contribution in [0.15, 0.2) is 42.5 Å². The second-order valence-electron chi connectivity index (χ2n) is 4.86. The van der Waals surface area contributed by atoms with Crippen LogP contribution in [0.1, 0.15) is 12.5 Å². The Balaban J connectivity index is 1.74. The largest absolute Gasteiger partial charge is 0.494 e. The maximum Gasteiger partial charge on any atom is 0.270 e. The summed E-state index contributed by atoms with van der Waals surface area (Å²) >= 11 is 1.40. The predicted octanol–water partition coefficient (Wildman–Crippen LogP) is 4.22. The van der Waals surface area contributed by atoms with Gasteiger partial charge in [0.15, 0.2) is 5.13 Å². The Morgan fingerprint density at radius 1 is 1.30 bits per heavy atom. The summed E-state index contributed by atoms with van der Waals surface area (Å²) in [5.74, 6) is 0.840. The Labute approximate surface area is 136 Å². The Morgan fingerprint density at radius 2 is 2.17 bits per heavy atom. The molecule has 1 N–H and O–H groups in total. The average Bonchev–Trinajstić information content (AvgIpc) is 2.95. The van der Waals surface area contributed by atoms with Gasteiger partial charge >= 0.3 is 0 Å². The number of ether oxygens (including phenoxy) is 1. The number of hydrogen-bond acceptors (Lipinski definition) is 6. The molecule has 0 spiro atoms. The standard InChI is InChI=1S/C16H15N3O3S/c1-2-22-13-5-3-4-11(8-13)10-17-16-18-14-7-6-12(19(20)21)9-15(14)23-16/h3-9H,2,10H2,1H3,(H,17,18). The van der Waals surface area contributed by atoms with E-state index in [1.54, 1.807) is 12.1 Å². The highest BCUT2D eigenvalue weighted by molar-refractivity contribution is 7.22. The van der Waals surface area contributed by atoms with Crippen molar-refractivity contribution < 1.29 is 9.66 Å². The lowest BCUT2D eigenvalue weighted by Crippen LogP contribution is -1.99. The van der Waals surface area contributed by atoms with Crippen LogP contribution in [0.5, 0.6) is 5.75 Å². The molecule has 1 heterocycles. The van der Waals surface area contributed by atoms with Crippen molar-refractivity contribution >= 4 is 32.4 Å². The number of nitrogens with zero attached hydrogens (tertiary/aromatic N) is 2. The van der Waals surface area contributed by atoms with E-state index in [9.17, 15) is 10.1 Å². The third-order valence-electron chi connectivity index (χ3n) is 3.24. The first kappa shape index (κ1) is 15.2. The van der Waals surface area contributed by atoms with Gasteiger partial charge in [0, 0.05) is 18.7 Å². The minimum Gasteiger partial charge on any atom is -0.494 e. The topological polar surface area (TPSA) is 77.3 Å². The molecule has 0 amide bonds. The number of rotatable bonds is 6. The smallest absolute Gasteiger partial charge is 0.270 e. The summed E-state index contributed by atoms with van der Waals surface area (Å²) < 4.78 is 6.27. The van der Waals surface area contributed by atoms with E-state index in [4.69, 9.17) is 4.74 Å². The number of benzene rings is 2. The highest BCUT2D eigenvalue weighted by Gasteiger charge is 2.10. The zero-order valence-electron chi connectivity index (χ0n) is 12.5. The van der Waals surface area contributed by atoms with Crippen molar-refractivity contribution in [1.29, 1.82) is 0 Å². The fourth-order valence-corrected chi connectivity index (χ4v) is 3.09. The molecule has 0 aliphatic carbocycles. The Bertz CT molecular complexity index is 847. The predicted molar refractivity (Wildman–Crippen MR) is 91.2 cm³/mol. The lowest BCUT2D eigenvalue weighted by Gasteiger charge is -2.06. The van der Waals surface area contributed by atoms with Gasteiger partial charge in [0.05, 0.1) is 21.7 Å². The van der Waals surface area contributed by atoms with Crippen LogP contribution in [0.2, 0.25) is 0 Å². The van der Waals surface area contributed by atoms with Crippen molar-refractivity contribution in [2.24, 2.45) is 0 Å². The van der Waals surface area contributed by atoms with Gasteiger partial charge < -0.3 is 10.1 Å². The zero-order chi connectivity index (χ0) is 16.2. The molecule has 1 aromatic heterocycles. The van der Waals surface area contributed by atoms with Gasteiger partial charge in [0.1, 0.15) is 5.75 Å². The number of hydrogen-bond donors (Lipinski definition) is 1. The second kappa shape index (κ2) is 6.62. The monoisotopic (exact) mass is 329 g/mol. The van der Waals surface area contributed by atoms with Crippen LogP contribution in [-0.2, 0) is 6.54 Å². The van der Waals surface area contributed by atoms with Crippen molar-refractivity contribution in [2.45, 2.75) is 13.5 Å². The van der Waals surface area contributed by atoms with Gasteiger partial charge in [0.2, 0.25) is 0 Å². The minimum absolute atomic E-state index is 0.0807. The number of nitro groups is 1. The first-order valence-electron chi connectivity index (χ1n) is 7.16. The summed E-state index contributed by atoms with van der Waals surface area (Å²) in [5.41, 5.74) is 1.92. The lowest BCUT2D eigenvalue weighted by atomic mass is 10.2. The summed E-state index contributed by atoms with van der Waals surface area (Å²) in [5, 5.41) is 14.8. The first-order chi connectivity index (χ1) is 11.2. The van der Waals surface area contributed by atoms with Gasteiger partial charge in [0.25, 0.3) is 5.69 Å². The SMILES string of the molecule is CCOc1cccc(CNc2nc3ccc([N+](=O)[O-])cc3s2)c1. The minimum atomic E-state index is -0.397. The van der Waals surface area contributed by atoms with E-state index in [1.165, 1.54) is 17.4 Å². The highest BCUT2D eigenvalue weighted by atomic mass is 32.1. The lowest BCUT2D eigenvalue weighted by molar-refractivity contribution is -0.384. The van der Waals surface area contributed by atoms with Crippen LogP contribution < -0.4 is 10.1 Å². The fraction of sp³-hybridized carbons (Fsp3) is 0.188. The molecule has 0 bridgehead atoms. The molecule has 118 valence electrons. The molecule has 3 aromatic rings. The summed E-state index contributed by atoms with van der Waals surface area (Å²) in [7, 11) is 0. The van der Waals surface area contributed by atoms with Gasteiger partial charge in [-0.1, -0.05) is 23.5 Å². The summed E-state index contributed by atoms with van der Waals surface area (Å²) in [6.45, 7) is 3.20. The van der Waals surface area contributed by atoms with Crippen LogP contribution in [0.3, 0.4) is 0 Å². The first-order valence-corrected chi connectivity index (χ1v) is 7.98. The quantitative estimate of drug-likeness (QED) is 0.541. The van der Waals surface area contributed by atoms with Crippen molar-refractivity contribution in [2.75, 3.05) is 11.9 Å². The summed E-state index contributed by atoms with van der Waals surface area (Å²) in [6.07, 6.45) is 0. The van der Waals surface area contributed by atoms with E-state index in [0.29, 0.717) is 13.2 Å². The normalized spacial score (nSPS) is 10.7. The molecule has 0 atom stereocenters. The Hall–Kier alpha value is -2.67. The molecule has 0 unspecified atom stereocenters. The maximum atomic E-state index is 10.8. The highest BCUT2D eigenvalue weighted by Crippen LogP contribution is 2.29. The zero-order valence-corrected chi connectivity index (χ0v) is 13.3. The number of aromatic nitrogens is 1. The van der Waals surface area contributed by atoms with Gasteiger partial charge in [-0.2, -0.15) is 0 Å². The Kier molecular flexibility index (Phi) is 4.38.